The van der Waals surface area contributed by atoms with Crippen molar-refractivity contribution in [2.45, 2.75) is 62.7 Å². The van der Waals surface area contributed by atoms with Crippen LogP contribution in [0, 0.1) is 17.1 Å². The van der Waals surface area contributed by atoms with Gasteiger partial charge in [0.15, 0.2) is 0 Å². The van der Waals surface area contributed by atoms with E-state index in [4.69, 9.17) is 10.5 Å². The zero-order chi connectivity index (χ0) is 37.5. The molecular formula is C34H31F8N7O2S. The van der Waals surface area contributed by atoms with Gasteiger partial charge in [-0.15, -0.1) is 11.3 Å². The van der Waals surface area contributed by atoms with Crippen molar-refractivity contribution in [1.82, 2.24) is 19.8 Å². The molecule has 276 valence electrons. The number of carbonyl (C=O) groups excluding carboxylic acids is 1. The van der Waals surface area contributed by atoms with Gasteiger partial charge in [0.05, 0.1) is 38.5 Å². The second kappa shape index (κ2) is 12.6. The van der Waals surface area contributed by atoms with Gasteiger partial charge in [-0.2, -0.15) is 41.6 Å². The van der Waals surface area contributed by atoms with Gasteiger partial charge in [0, 0.05) is 55.9 Å². The molecule has 0 saturated carbocycles. The number of benzene rings is 2. The minimum Gasteiger partial charge on any atom is -0.461 e. The molecule has 0 unspecified atom stereocenters. The maximum atomic E-state index is 15.6. The summed E-state index contributed by atoms with van der Waals surface area (Å²) in [5, 5.41) is 8.43. The topological polar surface area (TPSA) is 112 Å². The highest BCUT2D eigenvalue weighted by Gasteiger charge is 2.50. The van der Waals surface area contributed by atoms with Crippen LogP contribution in [0.15, 0.2) is 18.2 Å². The van der Waals surface area contributed by atoms with Crippen molar-refractivity contribution in [3.8, 4) is 23.2 Å². The Hall–Kier alpha value is -4.50. The number of amides is 1. The third-order valence-corrected chi connectivity index (χ3v) is 11.4. The molecule has 2 aromatic heterocycles. The van der Waals surface area contributed by atoms with Gasteiger partial charge in [0.2, 0.25) is 5.91 Å². The number of aromatic nitrogens is 2. The quantitative estimate of drug-likeness (QED) is 0.198. The number of anilines is 2. The first kappa shape index (κ1) is 35.9. The van der Waals surface area contributed by atoms with Crippen LogP contribution in [0.25, 0.3) is 32.1 Å². The maximum Gasteiger partial charge on any atom is 0.419 e. The Morgan fingerprint density at radius 1 is 1.17 bits per heavy atom. The molecule has 2 aromatic carbocycles. The standard InChI is InChI=1S/C34H31F8N7O2S/c1-3-49(17-9-23(50)47(2)14-17)30-19-10-21(33(37,38)39)25(18-5-6-22(36)28-24(18)20(12-43)29(44)52-28)26(34(40,41)42)27(19)45-31(46-30)51-15-32-7-4-8-48(32)13-16(35)11-32/h5-6,10,16-17H,3-4,7-9,11,13-15,44H2,1-2H3/t16-,17-,32+/m1/s1. The fraction of sp³-hybridized carbons (Fsp3) is 0.471. The van der Waals surface area contributed by atoms with Crippen LogP contribution in [-0.2, 0) is 17.1 Å². The number of halogens is 8. The van der Waals surface area contributed by atoms with Gasteiger partial charge in [0.25, 0.3) is 0 Å². The SMILES string of the molecule is CCN(c1nc(OC[C@@]23CCCN2C[C@H](F)C3)nc2c(C(F)(F)F)c(-c3ccc(F)c4sc(N)c(C#N)c34)c(C(F)(F)F)cc12)[C@@H]1CC(=O)N(C)C1. The first-order valence-corrected chi connectivity index (χ1v) is 17.3. The molecule has 0 aliphatic carbocycles. The molecule has 0 radical (unpaired) electrons. The van der Waals surface area contributed by atoms with Gasteiger partial charge in [-0.3, -0.25) is 9.69 Å². The van der Waals surface area contributed by atoms with Gasteiger partial charge >= 0.3 is 18.4 Å². The first-order valence-electron chi connectivity index (χ1n) is 16.4. The second-order valence-corrected chi connectivity index (χ2v) is 14.5. The number of thiophene rings is 1. The summed E-state index contributed by atoms with van der Waals surface area (Å²) in [6.45, 7) is 2.32. The molecule has 5 heterocycles. The molecule has 3 atom stereocenters. The van der Waals surface area contributed by atoms with E-state index < -0.39 is 90.7 Å². The van der Waals surface area contributed by atoms with Crippen molar-refractivity contribution < 1.29 is 44.7 Å². The Labute approximate surface area is 295 Å². The van der Waals surface area contributed by atoms with Crippen LogP contribution in [0.1, 0.15) is 49.3 Å². The zero-order valence-electron chi connectivity index (χ0n) is 27.8. The monoisotopic (exact) mass is 753 g/mol. The number of fused-ring (bicyclic) bond motifs is 3. The van der Waals surface area contributed by atoms with E-state index in [9.17, 15) is 14.4 Å². The summed E-state index contributed by atoms with van der Waals surface area (Å²) < 4.78 is 127. The number of nitrogen functional groups attached to an aromatic ring is 1. The molecule has 3 saturated heterocycles. The summed E-state index contributed by atoms with van der Waals surface area (Å²) in [4.78, 5) is 25.8. The van der Waals surface area contributed by atoms with Crippen LogP contribution in [0.3, 0.4) is 0 Å². The van der Waals surface area contributed by atoms with Gasteiger partial charge in [-0.25, -0.2) is 8.78 Å². The fourth-order valence-corrected chi connectivity index (χ4v) is 9.03. The number of hydrogen-bond acceptors (Lipinski definition) is 9. The average Bonchev–Trinajstić information content (AvgIpc) is 3.79. The van der Waals surface area contributed by atoms with Crippen molar-refractivity contribution in [3.63, 3.8) is 0 Å². The van der Waals surface area contributed by atoms with E-state index in [2.05, 4.69) is 9.97 Å². The zero-order valence-corrected chi connectivity index (χ0v) is 28.6. The lowest BCUT2D eigenvalue weighted by atomic mass is 9.88. The van der Waals surface area contributed by atoms with E-state index >= 15 is 30.7 Å². The van der Waals surface area contributed by atoms with Crippen LogP contribution in [0.2, 0.25) is 0 Å². The summed E-state index contributed by atoms with van der Waals surface area (Å²) >= 11 is 0.524. The lowest BCUT2D eigenvalue weighted by molar-refractivity contribution is -0.141. The number of nitriles is 1. The molecule has 3 aliphatic heterocycles. The van der Waals surface area contributed by atoms with Crippen molar-refractivity contribution >= 4 is 49.1 Å². The molecule has 9 nitrogen and oxygen atoms in total. The molecule has 52 heavy (non-hydrogen) atoms. The van der Waals surface area contributed by atoms with Gasteiger partial charge < -0.3 is 20.3 Å². The summed E-state index contributed by atoms with van der Waals surface area (Å²) in [7, 11) is 1.53. The number of likely N-dealkylation sites (N-methyl/N-ethyl adjacent to an activating group) is 2. The lowest BCUT2D eigenvalue weighted by Gasteiger charge is -2.32. The highest BCUT2D eigenvalue weighted by atomic mass is 32.1. The Balaban J connectivity index is 1.55. The lowest BCUT2D eigenvalue weighted by Crippen LogP contribution is -2.43. The minimum atomic E-state index is -5.51. The van der Waals surface area contributed by atoms with E-state index in [0.717, 1.165) is 18.6 Å². The molecule has 2 N–H and O–H groups in total. The number of likely N-dealkylation sites (tertiary alicyclic amines) is 1. The summed E-state index contributed by atoms with van der Waals surface area (Å²) in [5.74, 6) is -1.59. The van der Waals surface area contributed by atoms with Crippen molar-refractivity contribution in [2.75, 3.05) is 50.5 Å². The molecule has 18 heteroatoms. The Morgan fingerprint density at radius 2 is 1.92 bits per heavy atom. The number of ether oxygens (including phenoxy) is 1. The van der Waals surface area contributed by atoms with Crippen molar-refractivity contribution in [1.29, 1.82) is 5.26 Å². The van der Waals surface area contributed by atoms with Crippen LogP contribution >= 0.6 is 11.3 Å². The summed E-state index contributed by atoms with van der Waals surface area (Å²) in [6.07, 6.45) is -10.8. The third-order valence-electron chi connectivity index (χ3n) is 10.3. The normalized spacial score (nSPS) is 22.5. The summed E-state index contributed by atoms with van der Waals surface area (Å²) in [5.41, 5.74) is -1.93. The van der Waals surface area contributed by atoms with Crippen molar-refractivity contribution in [3.05, 3.63) is 40.7 Å². The van der Waals surface area contributed by atoms with Gasteiger partial charge in [-0.1, -0.05) is 6.07 Å². The number of nitrogens with two attached hydrogens (primary N) is 1. The Morgan fingerprint density at radius 3 is 2.56 bits per heavy atom. The molecule has 7 rings (SSSR count). The number of hydrogen-bond donors (Lipinski definition) is 1. The van der Waals surface area contributed by atoms with Crippen LogP contribution in [-0.4, -0.2) is 83.3 Å². The largest absolute Gasteiger partial charge is 0.461 e. The highest BCUT2D eigenvalue weighted by Crippen LogP contribution is 2.52. The molecule has 4 aromatic rings. The average molecular weight is 754 g/mol. The maximum absolute atomic E-state index is 15.6. The van der Waals surface area contributed by atoms with Crippen molar-refractivity contribution in [2.24, 2.45) is 0 Å². The van der Waals surface area contributed by atoms with E-state index in [-0.39, 0.29) is 55.8 Å². The Kier molecular flexibility index (Phi) is 8.68. The molecular weight excluding hydrogens is 722 g/mol. The molecule has 3 fully saturated rings. The summed E-state index contributed by atoms with van der Waals surface area (Å²) in [6, 6.07) is 2.43. The van der Waals surface area contributed by atoms with E-state index in [1.807, 2.05) is 4.90 Å². The van der Waals surface area contributed by atoms with E-state index in [0.29, 0.717) is 30.4 Å². The number of carbonyl (C=O) groups is 1. The number of nitrogens with zero attached hydrogens (tertiary/aromatic N) is 6. The predicted octanol–water partition coefficient (Wildman–Crippen LogP) is 7.15. The van der Waals surface area contributed by atoms with Crippen LogP contribution < -0.4 is 15.4 Å². The predicted molar refractivity (Wildman–Crippen MR) is 177 cm³/mol. The van der Waals surface area contributed by atoms with E-state index in [1.165, 1.54) is 16.8 Å². The minimum absolute atomic E-state index is 0.0291. The Bertz CT molecular complexity index is 2150. The highest BCUT2D eigenvalue weighted by molar-refractivity contribution is 7.23. The van der Waals surface area contributed by atoms with Crippen LogP contribution in [0.4, 0.5) is 45.9 Å². The van der Waals surface area contributed by atoms with Crippen LogP contribution in [0.5, 0.6) is 6.01 Å². The number of alkyl halides is 7. The smallest absolute Gasteiger partial charge is 0.419 e. The van der Waals surface area contributed by atoms with E-state index in [1.54, 1.807) is 13.0 Å². The molecule has 3 aliphatic rings. The van der Waals surface area contributed by atoms with Gasteiger partial charge in [-0.05, 0) is 44.0 Å². The molecule has 1 amide bonds. The third kappa shape index (κ3) is 5.81. The number of rotatable bonds is 7. The van der Waals surface area contributed by atoms with Gasteiger partial charge in [0.1, 0.15) is 35.5 Å². The molecule has 0 bridgehead atoms. The second-order valence-electron chi connectivity index (χ2n) is 13.4. The first-order chi connectivity index (χ1) is 24.5. The molecule has 0 spiro atoms. The fourth-order valence-electron chi connectivity index (χ4n) is 8.08.